The van der Waals surface area contributed by atoms with Gasteiger partial charge < -0.3 is 9.64 Å². The Morgan fingerprint density at radius 3 is 3.04 bits per heavy atom. The number of nitrogens with zero attached hydrogens (tertiary/aromatic N) is 3. The molecule has 0 spiro atoms. The van der Waals surface area contributed by atoms with E-state index in [9.17, 15) is 14.4 Å². The molecule has 3 aromatic rings. The van der Waals surface area contributed by atoms with Crippen LogP contribution in [0.15, 0.2) is 35.1 Å². The summed E-state index contributed by atoms with van der Waals surface area (Å²) in [6, 6.07) is 8.44. The summed E-state index contributed by atoms with van der Waals surface area (Å²) in [5.74, 6) is 0.0919. The van der Waals surface area contributed by atoms with E-state index < -0.39 is 12.0 Å². The SMILES string of the molecule is CC12CCC(=O)N1C(C(=O)OCc1cc(=O)n3c(n1)sc1ccccc13)CS2. The molecule has 0 saturated carbocycles. The summed E-state index contributed by atoms with van der Waals surface area (Å²) in [5, 5.41) is 0. The predicted molar refractivity (Wildman–Crippen MR) is 107 cm³/mol. The second-order valence-electron chi connectivity index (χ2n) is 7.15. The number of hydrogen-bond donors (Lipinski definition) is 0. The van der Waals surface area contributed by atoms with Crippen LogP contribution in [0.5, 0.6) is 0 Å². The van der Waals surface area contributed by atoms with Gasteiger partial charge >= 0.3 is 5.97 Å². The Morgan fingerprint density at radius 2 is 2.18 bits per heavy atom. The number of thioether (sulfide) groups is 1. The van der Waals surface area contributed by atoms with E-state index in [1.807, 2.05) is 31.2 Å². The summed E-state index contributed by atoms with van der Waals surface area (Å²) in [5.41, 5.74) is 1.02. The molecule has 1 amide bonds. The lowest BCUT2D eigenvalue weighted by molar-refractivity contribution is -0.154. The number of amides is 1. The molecule has 2 unspecified atom stereocenters. The van der Waals surface area contributed by atoms with Gasteiger partial charge in [0.1, 0.15) is 12.6 Å². The highest BCUT2D eigenvalue weighted by atomic mass is 32.2. The van der Waals surface area contributed by atoms with Crippen LogP contribution in [0.25, 0.3) is 15.2 Å². The van der Waals surface area contributed by atoms with Crippen molar-refractivity contribution >= 4 is 50.2 Å². The summed E-state index contributed by atoms with van der Waals surface area (Å²) in [6.07, 6.45) is 1.22. The molecule has 2 aliphatic rings. The first kappa shape index (κ1) is 17.7. The molecular weight excluding hydrogens is 398 g/mol. The molecule has 2 aliphatic heterocycles. The molecule has 0 N–H and O–H groups in total. The van der Waals surface area contributed by atoms with Crippen molar-refractivity contribution in [3.05, 3.63) is 46.4 Å². The standard InChI is InChI=1S/C19H17N3O4S2/c1-19-7-6-15(23)22(19)13(10-27-19)17(25)26-9-11-8-16(24)21-12-4-2-3-5-14(12)28-18(21)20-11/h2-5,8,13H,6-7,9-10H2,1H3. The minimum atomic E-state index is -0.570. The summed E-state index contributed by atoms with van der Waals surface area (Å²) in [6.45, 7) is 1.91. The highest BCUT2D eigenvalue weighted by molar-refractivity contribution is 8.01. The van der Waals surface area contributed by atoms with Crippen LogP contribution in [-0.2, 0) is 20.9 Å². The molecule has 4 heterocycles. The molecular formula is C19H17N3O4S2. The normalized spacial score (nSPS) is 24.2. The number of aromatic nitrogens is 2. The lowest BCUT2D eigenvalue weighted by Crippen LogP contribution is -2.46. The molecule has 1 aromatic carbocycles. The third-order valence-electron chi connectivity index (χ3n) is 5.33. The Balaban J connectivity index is 1.37. The molecule has 9 heteroatoms. The number of rotatable bonds is 3. The van der Waals surface area contributed by atoms with E-state index in [0.29, 0.717) is 22.8 Å². The molecule has 2 aromatic heterocycles. The Bertz CT molecular complexity index is 1190. The molecule has 0 bridgehead atoms. The number of carbonyl (C=O) groups is 2. The van der Waals surface area contributed by atoms with Crippen molar-refractivity contribution in [2.75, 3.05) is 5.75 Å². The molecule has 144 valence electrons. The van der Waals surface area contributed by atoms with Crippen molar-refractivity contribution in [3.63, 3.8) is 0 Å². The van der Waals surface area contributed by atoms with Crippen molar-refractivity contribution < 1.29 is 14.3 Å². The second kappa shape index (κ2) is 6.31. The summed E-state index contributed by atoms with van der Waals surface area (Å²) in [4.78, 5) is 43.7. The van der Waals surface area contributed by atoms with Crippen molar-refractivity contribution in [2.24, 2.45) is 0 Å². The number of fused-ring (bicyclic) bond motifs is 4. The van der Waals surface area contributed by atoms with Gasteiger partial charge in [0.15, 0.2) is 4.96 Å². The van der Waals surface area contributed by atoms with Gasteiger partial charge in [-0.2, -0.15) is 0 Å². The minimum absolute atomic E-state index is 0.00230. The maximum atomic E-state index is 12.6. The first-order chi connectivity index (χ1) is 13.5. The molecule has 5 rings (SSSR count). The van der Waals surface area contributed by atoms with Gasteiger partial charge in [0, 0.05) is 18.2 Å². The fourth-order valence-electron chi connectivity index (χ4n) is 3.93. The zero-order valence-corrected chi connectivity index (χ0v) is 16.7. The largest absolute Gasteiger partial charge is 0.458 e. The van der Waals surface area contributed by atoms with Gasteiger partial charge in [-0.1, -0.05) is 23.5 Å². The molecule has 2 saturated heterocycles. The number of thiazole rings is 1. The first-order valence-corrected chi connectivity index (χ1v) is 10.8. The van der Waals surface area contributed by atoms with E-state index in [1.54, 1.807) is 21.1 Å². The lowest BCUT2D eigenvalue weighted by Gasteiger charge is -2.29. The van der Waals surface area contributed by atoms with Gasteiger partial charge in [0.25, 0.3) is 5.56 Å². The molecule has 2 atom stereocenters. The number of ether oxygens (including phenoxy) is 1. The third kappa shape index (κ3) is 2.64. The molecule has 0 aliphatic carbocycles. The average molecular weight is 415 g/mol. The Hall–Kier alpha value is -2.39. The van der Waals surface area contributed by atoms with Crippen LogP contribution in [0.3, 0.4) is 0 Å². The minimum Gasteiger partial charge on any atom is -0.458 e. The van der Waals surface area contributed by atoms with Gasteiger partial charge in [0.2, 0.25) is 5.91 Å². The van der Waals surface area contributed by atoms with Crippen molar-refractivity contribution in [1.29, 1.82) is 0 Å². The smallest absolute Gasteiger partial charge is 0.330 e. The van der Waals surface area contributed by atoms with E-state index in [1.165, 1.54) is 17.4 Å². The van der Waals surface area contributed by atoms with Gasteiger partial charge in [-0.25, -0.2) is 9.78 Å². The zero-order valence-electron chi connectivity index (χ0n) is 15.1. The number of hydrogen-bond acceptors (Lipinski definition) is 7. The topological polar surface area (TPSA) is 81.0 Å². The monoisotopic (exact) mass is 415 g/mol. The molecule has 0 radical (unpaired) electrons. The van der Waals surface area contributed by atoms with E-state index in [0.717, 1.165) is 16.6 Å². The summed E-state index contributed by atoms with van der Waals surface area (Å²) >= 11 is 3.04. The number of benzene rings is 1. The Morgan fingerprint density at radius 1 is 1.36 bits per heavy atom. The van der Waals surface area contributed by atoms with Crippen LogP contribution in [0, 0.1) is 0 Å². The highest BCUT2D eigenvalue weighted by Crippen LogP contribution is 2.47. The number of esters is 1. The predicted octanol–water partition coefficient (Wildman–Crippen LogP) is 2.41. The first-order valence-electron chi connectivity index (χ1n) is 8.99. The van der Waals surface area contributed by atoms with Gasteiger partial charge in [-0.05, 0) is 25.5 Å². The van der Waals surface area contributed by atoms with Gasteiger partial charge in [-0.3, -0.25) is 14.0 Å². The fourth-order valence-corrected chi connectivity index (χ4v) is 6.40. The second-order valence-corrected chi connectivity index (χ2v) is 9.66. The fraction of sp³-hybridized carbons (Fsp3) is 0.368. The van der Waals surface area contributed by atoms with Crippen LogP contribution in [0.1, 0.15) is 25.5 Å². The zero-order chi connectivity index (χ0) is 19.5. The Labute approximate surface area is 168 Å². The van der Waals surface area contributed by atoms with Crippen LogP contribution >= 0.6 is 23.1 Å². The average Bonchev–Trinajstić information content (AvgIpc) is 3.30. The quantitative estimate of drug-likeness (QED) is 0.611. The third-order valence-corrected chi connectivity index (χ3v) is 7.85. The van der Waals surface area contributed by atoms with Crippen molar-refractivity contribution in [1.82, 2.24) is 14.3 Å². The van der Waals surface area contributed by atoms with Crippen LogP contribution < -0.4 is 5.56 Å². The number of carbonyl (C=O) groups excluding carboxylic acids is 2. The summed E-state index contributed by atoms with van der Waals surface area (Å²) < 4.78 is 7.97. The lowest BCUT2D eigenvalue weighted by atomic mass is 10.2. The van der Waals surface area contributed by atoms with E-state index in [2.05, 4.69) is 4.98 Å². The van der Waals surface area contributed by atoms with E-state index in [-0.39, 0.29) is 22.9 Å². The van der Waals surface area contributed by atoms with Gasteiger partial charge in [-0.15, -0.1) is 11.8 Å². The van der Waals surface area contributed by atoms with Crippen LogP contribution in [0.2, 0.25) is 0 Å². The van der Waals surface area contributed by atoms with Crippen molar-refractivity contribution in [3.8, 4) is 0 Å². The molecule has 2 fully saturated rings. The van der Waals surface area contributed by atoms with Crippen molar-refractivity contribution in [2.45, 2.75) is 37.3 Å². The van der Waals surface area contributed by atoms with Crippen LogP contribution in [0.4, 0.5) is 0 Å². The maximum absolute atomic E-state index is 12.6. The van der Waals surface area contributed by atoms with E-state index in [4.69, 9.17) is 4.74 Å². The van der Waals surface area contributed by atoms with Gasteiger partial charge in [0.05, 0.1) is 20.8 Å². The van der Waals surface area contributed by atoms with Crippen LogP contribution in [-0.4, -0.2) is 42.8 Å². The molecule has 7 nitrogen and oxygen atoms in total. The molecule has 28 heavy (non-hydrogen) atoms. The van der Waals surface area contributed by atoms with E-state index >= 15 is 0 Å². The number of para-hydroxylation sites is 1. The highest BCUT2D eigenvalue weighted by Gasteiger charge is 2.53. The summed E-state index contributed by atoms with van der Waals surface area (Å²) in [7, 11) is 0. The maximum Gasteiger partial charge on any atom is 0.330 e. The Kier molecular flexibility index (Phi) is 3.99.